The van der Waals surface area contributed by atoms with E-state index in [4.69, 9.17) is 0 Å². The highest BCUT2D eigenvalue weighted by atomic mass is 14.9. The van der Waals surface area contributed by atoms with E-state index in [9.17, 15) is 0 Å². The second kappa shape index (κ2) is 13.0. The lowest BCUT2D eigenvalue weighted by atomic mass is 9.87. The second-order valence-corrected chi connectivity index (χ2v) is 6.92. The Hall–Kier alpha value is -0.0400. The first kappa shape index (κ1) is 19.0. The van der Waals surface area contributed by atoms with E-state index in [1.807, 2.05) is 0 Å². The predicted octanol–water partition coefficient (Wildman–Crippen LogP) is 5.93. The molecule has 0 atom stereocenters. The Bertz CT molecular complexity index is 175. The van der Waals surface area contributed by atoms with Gasteiger partial charge < -0.3 is 5.32 Å². The fraction of sp³-hybridized carbons (Fsp3) is 1.00. The fourth-order valence-electron chi connectivity index (χ4n) is 2.58. The van der Waals surface area contributed by atoms with Gasteiger partial charge in [-0.05, 0) is 24.8 Å². The molecule has 0 spiro atoms. The maximum Gasteiger partial charge on any atom is 0.000252 e. The van der Waals surface area contributed by atoms with Gasteiger partial charge in [0, 0.05) is 6.54 Å². The van der Waals surface area contributed by atoms with Crippen LogP contribution < -0.4 is 5.32 Å². The van der Waals surface area contributed by atoms with Crippen molar-refractivity contribution < 1.29 is 0 Å². The first-order valence-corrected chi connectivity index (χ1v) is 8.83. The van der Waals surface area contributed by atoms with Gasteiger partial charge in [-0.15, -0.1) is 0 Å². The van der Waals surface area contributed by atoms with Crippen molar-refractivity contribution in [1.82, 2.24) is 5.32 Å². The molecule has 0 heterocycles. The zero-order chi connectivity index (χ0) is 14.4. The molecule has 1 heteroatoms. The lowest BCUT2D eigenvalue weighted by molar-refractivity contribution is 0.301. The lowest BCUT2D eigenvalue weighted by Gasteiger charge is -2.25. The minimum atomic E-state index is 0.482. The van der Waals surface area contributed by atoms with Crippen LogP contribution in [0, 0.1) is 5.41 Å². The van der Waals surface area contributed by atoms with Crippen molar-refractivity contribution in [3.8, 4) is 0 Å². The predicted molar refractivity (Wildman–Crippen MR) is 88.8 cm³/mol. The number of rotatable bonds is 14. The van der Waals surface area contributed by atoms with E-state index in [0.29, 0.717) is 5.41 Å². The topological polar surface area (TPSA) is 12.0 Å². The monoisotopic (exact) mass is 269 g/mol. The summed E-state index contributed by atoms with van der Waals surface area (Å²) < 4.78 is 0. The molecule has 0 saturated carbocycles. The molecule has 0 rings (SSSR count). The summed E-state index contributed by atoms with van der Waals surface area (Å²) in [5.41, 5.74) is 0.482. The summed E-state index contributed by atoms with van der Waals surface area (Å²) in [6.45, 7) is 11.8. The molecule has 116 valence electrons. The molecule has 0 fully saturated rings. The van der Waals surface area contributed by atoms with Gasteiger partial charge in [0.05, 0.1) is 0 Å². The van der Waals surface area contributed by atoms with Crippen LogP contribution in [0.25, 0.3) is 0 Å². The summed E-state index contributed by atoms with van der Waals surface area (Å²) in [4.78, 5) is 0. The molecule has 0 radical (unpaired) electrons. The summed E-state index contributed by atoms with van der Waals surface area (Å²) in [6.07, 6.45) is 15.3. The van der Waals surface area contributed by atoms with Crippen molar-refractivity contribution in [3.63, 3.8) is 0 Å². The van der Waals surface area contributed by atoms with Crippen LogP contribution in [-0.2, 0) is 0 Å². The fourth-order valence-corrected chi connectivity index (χ4v) is 2.58. The van der Waals surface area contributed by atoms with Gasteiger partial charge in [0.15, 0.2) is 0 Å². The molecule has 0 aliphatic rings. The highest BCUT2D eigenvalue weighted by molar-refractivity contribution is 4.71. The zero-order valence-corrected chi connectivity index (χ0v) is 14.2. The number of hydrogen-bond acceptors (Lipinski definition) is 1. The Kier molecular flexibility index (Phi) is 12.9. The Morgan fingerprint density at radius 1 is 0.684 bits per heavy atom. The molecule has 0 amide bonds. The van der Waals surface area contributed by atoms with Gasteiger partial charge in [-0.3, -0.25) is 0 Å². The third-order valence-corrected chi connectivity index (χ3v) is 4.02. The molecule has 0 aliphatic carbocycles. The maximum atomic E-state index is 3.65. The van der Waals surface area contributed by atoms with Gasteiger partial charge in [-0.25, -0.2) is 0 Å². The first-order chi connectivity index (χ1) is 9.12. The lowest BCUT2D eigenvalue weighted by Crippen LogP contribution is -2.30. The Morgan fingerprint density at radius 2 is 1.21 bits per heavy atom. The molecule has 0 aromatic heterocycles. The van der Waals surface area contributed by atoms with Gasteiger partial charge in [-0.2, -0.15) is 0 Å². The molecule has 0 aromatic rings. The summed E-state index contributed by atoms with van der Waals surface area (Å²) in [7, 11) is 0. The minimum absolute atomic E-state index is 0.482. The smallest absolute Gasteiger partial charge is 0.000252 e. The average Bonchev–Trinajstić information content (AvgIpc) is 2.37. The van der Waals surface area contributed by atoms with Crippen LogP contribution in [-0.4, -0.2) is 13.1 Å². The molecule has 0 aliphatic heterocycles. The van der Waals surface area contributed by atoms with Crippen molar-refractivity contribution >= 4 is 0 Å². The highest BCUT2D eigenvalue weighted by Gasteiger charge is 2.16. The van der Waals surface area contributed by atoms with Gasteiger partial charge in [0.2, 0.25) is 0 Å². The van der Waals surface area contributed by atoms with Crippen LogP contribution in [0.2, 0.25) is 0 Å². The van der Waals surface area contributed by atoms with Crippen LogP contribution >= 0.6 is 0 Å². The summed E-state index contributed by atoms with van der Waals surface area (Å²) in [5.74, 6) is 0. The zero-order valence-electron chi connectivity index (χ0n) is 14.2. The van der Waals surface area contributed by atoms with Crippen LogP contribution in [0.4, 0.5) is 0 Å². The van der Waals surface area contributed by atoms with E-state index in [2.05, 4.69) is 33.0 Å². The Morgan fingerprint density at radius 3 is 1.84 bits per heavy atom. The highest BCUT2D eigenvalue weighted by Crippen LogP contribution is 2.22. The van der Waals surface area contributed by atoms with Crippen molar-refractivity contribution in [2.45, 2.75) is 98.3 Å². The van der Waals surface area contributed by atoms with Crippen LogP contribution in [0.15, 0.2) is 0 Å². The first-order valence-electron chi connectivity index (χ1n) is 8.83. The van der Waals surface area contributed by atoms with Crippen molar-refractivity contribution in [2.75, 3.05) is 13.1 Å². The van der Waals surface area contributed by atoms with E-state index >= 15 is 0 Å². The third kappa shape index (κ3) is 14.2. The molecule has 1 N–H and O–H groups in total. The summed E-state index contributed by atoms with van der Waals surface area (Å²) in [5, 5.41) is 3.65. The average molecular weight is 270 g/mol. The number of hydrogen-bond donors (Lipinski definition) is 1. The quantitative estimate of drug-likeness (QED) is 0.385. The molecule has 0 unspecified atom stereocenters. The van der Waals surface area contributed by atoms with Crippen LogP contribution in [0.1, 0.15) is 98.3 Å². The number of unbranched alkanes of at least 4 members (excludes halogenated alkanes) is 8. The van der Waals surface area contributed by atoms with Crippen LogP contribution in [0.5, 0.6) is 0 Å². The van der Waals surface area contributed by atoms with Gasteiger partial charge in [-0.1, -0.05) is 85.5 Å². The minimum Gasteiger partial charge on any atom is -0.316 e. The Balaban J connectivity index is 3.27. The molecule has 0 aromatic carbocycles. The van der Waals surface area contributed by atoms with Crippen LogP contribution in [0.3, 0.4) is 0 Å². The van der Waals surface area contributed by atoms with Crippen molar-refractivity contribution in [1.29, 1.82) is 0 Å². The second-order valence-electron chi connectivity index (χ2n) is 6.92. The van der Waals surface area contributed by atoms with Gasteiger partial charge in [0.25, 0.3) is 0 Å². The maximum absolute atomic E-state index is 3.65. The van der Waals surface area contributed by atoms with Crippen molar-refractivity contribution in [2.24, 2.45) is 5.41 Å². The third-order valence-electron chi connectivity index (χ3n) is 4.02. The van der Waals surface area contributed by atoms with E-state index in [1.54, 1.807) is 0 Å². The number of nitrogens with one attached hydrogen (secondary N) is 1. The largest absolute Gasteiger partial charge is 0.316 e. The summed E-state index contributed by atoms with van der Waals surface area (Å²) >= 11 is 0. The van der Waals surface area contributed by atoms with E-state index in [1.165, 1.54) is 83.7 Å². The molecule has 0 saturated heterocycles. The van der Waals surface area contributed by atoms with Crippen molar-refractivity contribution in [3.05, 3.63) is 0 Å². The molecular formula is C18H39N. The summed E-state index contributed by atoms with van der Waals surface area (Å²) in [6, 6.07) is 0. The van der Waals surface area contributed by atoms with Gasteiger partial charge in [0.1, 0.15) is 0 Å². The van der Waals surface area contributed by atoms with E-state index in [-0.39, 0.29) is 0 Å². The van der Waals surface area contributed by atoms with E-state index < -0.39 is 0 Å². The molecule has 1 nitrogen and oxygen atoms in total. The Labute approximate surface area is 122 Å². The van der Waals surface area contributed by atoms with Gasteiger partial charge >= 0.3 is 0 Å². The normalized spacial score (nSPS) is 12.0. The molecular weight excluding hydrogens is 230 g/mol. The molecule has 0 bridgehead atoms. The molecule has 19 heavy (non-hydrogen) atoms. The SMILES string of the molecule is CCCCCCCCCNCC(C)(C)CCCCC. The van der Waals surface area contributed by atoms with E-state index in [0.717, 1.165) is 0 Å². The standard InChI is InChI=1S/C18H39N/c1-5-7-9-10-11-12-14-16-19-17-18(3,4)15-13-8-6-2/h19H,5-17H2,1-4H3.